The summed E-state index contributed by atoms with van der Waals surface area (Å²) in [5.41, 5.74) is 3.83. The van der Waals surface area contributed by atoms with Crippen molar-refractivity contribution in [3.8, 4) is 5.75 Å². The van der Waals surface area contributed by atoms with Crippen molar-refractivity contribution >= 4 is 17.2 Å². The van der Waals surface area contributed by atoms with Gasteiger partial charge in [0.2, 0.25) is 0 Å². The van der Waals surface area contributed by atoms with E-state index in [-0.39, 0.29) is 5.91 Å². The molecule has 0 radical (unpaired) electrons. The van der Waals surface area contributed by atoms with Crippen molar-refractivity contribution in [3.63, 3.8) is 0 Å². The predicted molar refractivity (Wildman–Crippen MR) is 124 cm³/mol. The van der Waals surface area contributed by atoms with E-state index in [0.29, 0.717) is 25.2 Å². The molecule has 0 aliphatic rings. The molecule has 0 aliphatic heterocycles. The van der Waals surface area contributed by atoms with E-state index < -0.39 is 0 Å². The summed E-state index contributed by atoms with van der Waals surface area (Å²) in [6.07, 6.45) is 0.694. The summed E-state index contributed by atoms with van der Waals surface area (Å²) in [7, 11) is 1.66. The molecule has 0 spiro atoms. The number of carbonyl (C=O) groups is 1. The van der Waals surface area contributed by atoms with Gasteiger partial charge in [-0.1, -0.05) is 72.8 Å². The Hall–Kier alpha value is -3.44. The molecule has 3 aromatic carbocycles. The standard InChI is InChI=1S/C26H24N2O2S/c1-30-23-14-12-20(13-15-23)16-25-27-24(19-31-25)26(29)28(17-21-8-4-2-5-9-21)18-22-10-6-3-7-11-22/h2-15,19H,16-18H2,1H3. The Morgan fingerprint density at radius 2 is 1.42 bits per heavy atom. The number of ether oxygens (including phenoxy) is 1. The van der Waals surface area contributed by atoms with Crippen LogP contribution in [0, 0.1) is 0 Å². The number of nitrogens with zero attached hydrogens (tertiary/aromatic N) is 2. The minimum Gasteiger partial charge on any atom is -0.497 e. The molecule has 0 fully saturated rings. The summed E-state index contributed by atoms with van der Waals surface area (Å²) in [6.45, 7) is 1.08. The summed E-state index contributed by atoms with van der Waals surface area (Å²) in [5.74, 6) is 0.779. The predicted octanol–water partition coefficient (Wildman–Crippen LogP) is 5.59. The quantitative estimate of drug-likeness (QED) is 0.368. The molecule has 156 valence electrons. The molecule has 5 heteroatoms. The lowest BCUT2D eigenvalue weighted by Crippen LogP contribution is -2.30. The first-order valence-corrected chi connectivity index (χ1v) is 11.0. The minimum atomic E-state index is -0.0510. The van der Waals surface area contributed by atoms with Crippen molar-refractivity contribution in [3.05, 3.63) is 118 Å². The first kappa shape index (κ1) is 20.8. The third kappa shape index (κ3) is 5.58. The van der Waals surface area contributed by atoms with Crippen LogP contribution in [0.3, 0.4) is 0 Å². The van der Waals surface area contributed by atoms with E-state index >= 15 is 0 Å². The minimum absolute atomic E-state index is 0.0510. The largest absolute Gasteiger partial charge is 0.497 e. The van der Waals surface area contributed by atoms with Gasteiger partial charge >= 0.3 is 0 Å². The summed E-state index contributed by atoms with van der Waals surface area (Å²) in [6, 6.07) is 28.1. The third-order valence-electron chi connectivity index (χ3n) is 5.01. The number of thiazole rings is 1. The number of methoxy groups -OCH3 is 1. The van der Waals surface area contributed by atoms with Crippen LogP contribution >= 0.6 is 11.3 Å². The van der Waals surface area contributed by atoms with Crippen molar-refractivity contribution in [1.82, 2.24) is 9.88 Å². The van der Waals surface area contributed by atoms with Crippen molar-refractivity contribution in [2.24, 2.45) is 0 Å². The van der Waals surface area contributed by atoms with Gasteiger partial charge in [0.1, 0.15) is 11.4 Å². The van der Waals surface area contributed by atoms with Crippen molar-refractivity contribution in [1.29, 1.82) is 0 Å². The van der Waals surface area contributed by atoms with Gasteiger partial charge in [0.15, 0.2) is 0 Å². The molecule has 0 unspecified atom stereocenters. The molecule has 1 aromatic heterocycles. The van der Waals surface area contributed by atoms with Crippen molar-refractivity contribution in [2.45, 2.75) is 19.5 Å². The van der Waals surface area contributed by atoms with Crippen LogP contribution in [0.1, 0.15) is 32.2 Å². The highest BCUT2D eigenvalue weighted by Gasteiger charge is 2.20. The molecule has 1 amide bonds. The van der Waals surface area contributed by atoms with Crippen LogP contribution in [0.5, 0.6) is 5.75 Å². The zero-order valence-electron chi connectivity index (χ0n) is 17.4. The number of rotatable bonds is 8. The second kappa shape index (κ2) is 10.0. The van der Waals surface area contributed by atoms with E-state index in [2.05, 4.69) is 4.98 Å². The monoisotopic (exact) mass is 428 g/mol. The van der Waals surface area contributed by atoms with Crippen molar-refractivity contribution < 1.29 is 9.53 Å². The van der Waals surface area contributed by atoms with Crippen LogP contribution in [-0.4, -0.2) is 22.9 Å². The fraction of sp³-hybridized carbons (Fsp3) is 0.154. The molecule has 0 aliphatic carbocycles. The Bertz CT molecular complexity index is 1070. The van der Waals surface area contributed by atoms with Gasteiger partial charge in [-0.05, 0) is 28.8 Å². The smallest absolute Gasteiger partial charge is 0.273 e. The Labute approximate surface area is 186 Å². The zero-order chi connectivity index (χ0) is 21.5. The van der Waals surface area contributed by atoms with E-state index in [4.69, 9.17) is 4.74 Å². The van der Waals surface area contributed by atoms with Gasteiger partial charge in [0.05, 0.1) is 12.1 Å². The Morgan fingerprint density at radius 3 is 1.97 bits per heavy atom. The van der Waals surface area contributed by atoms with Crippen molar-refractivity contribution in [2.75, 3.05) is 7.11 Å². The maximum atomic E-state index is 13.4. The number of carbonyl (C=O) groups excluding carboxylic acids is 1. The van der Waals surface area contributed by atoms with Crippen LogP contribution in [0.15, 0.2) is 90.3 Å². The van der Waals surface area contributed by atoms with Gasteiger partial charge in [-0.25, -0.2) is 4.98 Å². The average molecular weight is 429 g/mol. The van der Waals surface area contributed by atoms with Crippen LogP contribution in [0.2, 0.25) is 0 Å². The second-order valence-corrected chi connectivity index (χ2v) is 8.23. The van der Waals surface area contributed by atoms with Gasteiger partial charge in [-0.2, -0.15) is 0 Å². The molecule has 1 heterocycles. The normalized spacial score (nSPS) is 10.6. The van der Waals surface area contributed by atoms with Crippen LogP contribution < -0.4 is 4.74 Å². The van der Waals surface area contributed by atoms with Gasteiger partial charge in [-0.3, -0.25) is 4.79 Å². The molecule has 0 atom stereocenters. The maximum absolute atomic E-state index is 13.4. The topological polar surface area (TPSA) is 42.4 Å². The second-order valence-electron chi connectivity index (χ2n) is 7.28. The Kier molecular flexibility index (Phi) is 6.75. The fourth-order valence-electron chi connectivity index (χ4n) is 3.38. The average Bonchev–Trinajstić information content (AvgIpc) is 3.28. The number of hydrogen-bond acceptors (Lipinski definition) is 4. The Balaban J connectivity index is 1.51. The van der Waals surface area contributed by atoms with E-state index in [9.17, 15) is 4.79 Å². The number of aromatic nitrogens is 1. The van der Waals surface area contributed by atoms with Crippen LogP contribution in [0.25, 0.3) is 0 Å². The highest BCUT2D eigenvalue weighted by Crippen LogP contribution is 2.20. The lowest BCUT2D eigenvalue weighted by molar-refractivity contribution is 0.0724. The molecule has 4 rings (SSSR count). The third-order valence-corrected chi connectivity index (χ3v) is 5.85. The zero-order valence-corrected chi connectivity index (χ0v) is 18.2. The highest BCUT2D eigenvalue weighted by atomic mass is 32.1. The van der Waals surface area contributed by atoms with Gasteiger partial charge in [-0.15, -0.1) is 11.3 Å². The first-order chi connectivity index (χ1) is 15.2. The summed E-state index contributed by atoms with van der Waals surface area (Å²) >= 11 is 1.52. The van der Waals surface area contributed by atoms with E-state index in [1.54, 1.807) is 7.11 Å². The maximum Gasteiger partial charge on any atom is 0.273 e. The van der Waals surface area contributed by atoms with Crippen LogP contribution in [-0.2, 0) is 19.5 Å². The molecule has 0 saturated heterocycles. The molecular weight excluding hydrogens is 404 g/mol. The molecule has 4 nitrogen and oxygen atoms in total. The number of amides is 1. The highest BCUT2D eigenvalue weighted by molar-refractivity contribution is 7.09. The fourth-order valence-corrected chi connectivity index (χ4v) is 4.18. The summed E-state index contributed by atoms with van der Waals surface area (Å²) < 4.78 is 5.22. The lowest BCUT2D eigenvalue weighted by Gasteiger charge is -2.22. The summed E-state index contributed by atoms with van der Waals surface area (Å²) in [5, 5.41) is 2.79. The molecule has 0 saturated carbocycles. The number of benzene rings is 3. The first-order valence-electron chi connectivity index (χ1n) is 10.2. The molecule has 0 bridgehead atoms. The lowest BCUT2D eigenvalue weighted by atomic mass is 10.1. The van der Waals surface area contributed by atoms with E-state index in [1.165, 1.54) is 11.3 Å². The molecule has 4 aromatic rings. The molecule has 0 N–H and O–H groups in total. The molecular formula is C26H24N2O2S. The van der Waals surface area contributed by atoms with Gasteiger partial charge in [0, 0.05) is 24.9 Å². The SMILES string of the molecule is COc1ccc(Cc2nc(C(=O)N(Cc3ccccc3)Cc3ccccc3)cs2)cc1. The summed E-state index contributed by atoms with van der Waals surface area (Å²) in [4.78, 5) is 19.9. The molecule has 31 heavy (non-hydrogen) atoms. The van der Waals surface area contributed by atoms with Gasteiger partial charge < -0.3 is 9.64 Å². The number of hydrogen-bond donors (Lipinski definition) is 0. The Morgan fingerprint density at radius 1 is 0.839 bits per heavy atom. The van der Waals surface area contributed by atoms with Gasteiger partial charge in [0.25, 0.3) is 5.91 Å². The van der Waals surface area contributed by atoms with E-state index in [0.717, 1.165) is 27.4 Å². The van der Waals surface area contributed by atoms with E-state index in [1.807, 2.05) is 95.2 Å². The van der Waals surface area contributed by atoms with Crippen LogP contribution in [0.4, 0.5) is 0 Å².